The van der Waals surface area contributed by atoms with Crippen molar-refractivity contribution in [2.45, 2.75) is 18.7 Å². The maximum absolute atomic E-state index is 6.51. The molecule has 1 unspecified atom stereocenters. The van der Waals surface area contributed by atoms with E-state index >= 15 is 0 Å². The third-order valence-corrected chi connectivity index (χ3v) is 3.74. The van der Waals surface area contributed by atoms with Crippen LogP contribution in [0.4, 0.5) is 0 Å². The van der Waals surface area contributed by atoms with Gasteiger partial charge < -0.3 is 4.74 Å². The molecule has 0 saturated heterocycles. The Morgan fingerprint density at radius 2 is 1.95 bits per heavy atom. The molecular weight excluding hydrogens is 279 g/mol. The normalized spacial score (nSPS) is 12.2. The Balaban J connectivity index is 2.18. The van der Waals surface area contributed by atoms with E-state index in [0.717, 1.165) is 33.9 Å². The predicted octanol–water partition coefficient (Wildman–Crippen LogP) is 5.18. The first-order chi connectivity index (χ1) is 9.10. The molecule has 1 nitrogen and oxygen atoms in total. The van der Waals surface area contributed by atoms with Gasteiger partial charge in [-0.25, -0.2) is 0 Å². The molecule has 0 aliphatic heterocycles. The summed E-state index contributed by atoms with van der Waals surface area (Å²) < 4.78 is 5.20. The Kier molecular flexibility index (Phi) is 4.73. The molecule has 19 heavy (non-hydrogen) atoms. The monoisotopic (exact) mass is 294 g/mol. The van der Waals surface area contributed by atoms with Crippen LogP contribution in [0.1, 0.15) is 22.1 Å². The second-order valence-corrected chi connectivity index (χ2v) is 5.49. The zero-order valence-corrected chi connectivity index (χ0v) is 12.5. The van der Waals surface area contributed by atoms with E-state index in [1.165, 1.54) is 0 Å². The van der Waals surface area contributed by atoms with Crippen molar-refractivity contribution < 1.29 is 4.74 Å². The van der Waals surface area contributed by atoms with Gasteiger partial charge >= 0.3 is 0 Å². The average Bonchev–Trinajstić information content (AvgIpc) is 2.38. The van der Waals surface area contributed by atoms with Gasteiger partial charge in [-0.2, -0.15) is 0 Å². The predicted molar refractivity (Wildman–Crippen MR) is 81.5 cm³/mol. The molecule has 0 bridgehead atoms. The van der Waals surface area contributed by atoms with Crippen LogP contribution in [0.2, 0.25) is 5.02 Å². The molecule has 0 N–H and O–H groups in total. The third-order valence-electron chi connectivity index (χ3n) is 3.12. The van der Waals surface area contributed by atoms with Gasteiger partial charge in [0.05, 0.1) is 12.5 Å². The quantitative estimate of drug-likeness (QED) is 0.706. The summed E-state index contributed by atoms with van der Waals surface area (Å²) in [6, 6.07) is 13.8. The fraction of sp³-hybridized carbons (Fsp3) is 0.250. The van der Waals surface area contributed by atoms with Crippen LogP contribution >= 0.6 is 23.2 Å². The van der Waals surface area contributed by atoms with Crippen molar-refractivity contribution in [1.29, 1.82) is 0 Å². The molecule has 100 valence electrons. The lowest BCUT2D eigenvalue weighted by atomic mass is 10.00. The van der Waals surface area contributed by atoms with Crippen molar-refractivity contribution in [3.05, 3.63) is 64.2 Å². The van der Waals surface area contributed by atoms with Gasteiger partial charge in [0.25, 0.3) is 0 Å². The molecule has 2 aromatic carbocycles. The van der Waals surface area contributed by atoms with Crippen LogP contribution in [-0.4, -0.2) is 7.11 Å². The van der Waals surface area contributed by atoms with Gasteiger partial charge in [-0.3, -0.25) is 0 Å². The van der Waals surface area contributed by atoms with E-state index in [9.17, 15) is 0 Å². The standard InChI is InChI=1S/C16H16Cl2O/c1-11-8-14(19-2)6-7-15(11)16(18)10-12-4-3-5-13(17)9-12/h3-9,16H,10H2,1-2H3. The molecule has 0 radical (unpaired) electrons. The van der Waals surface area contributed by atoms with Crippen LogP contribution in [0.3, 0.4) is 0 Å². The summed E-state index contributed by atoms with van der Waals surface area (Å²) in [7, 11) is 1.67. The highest BCUT2D eigenvalue weighted by atomic mass is 35.5. The number of rotatable bonds is 4. The molecule has 0 saturated carbocycles. The van der Waals surface area contributed by atoms with Crippen LogP contribution in [0.15, 0.2) is 42.5 Å². The largest absolute Gasteiger partial charge is 0.497 e. The van der Waals surface area contributed by atoms with Crippen molar-refractivity contribution in [3.63, 3.8) is 0 Å². The molecule has 0 aliphatic carbocycles. The first kappa shape index (κ1) is 14.2. The molecule has 0 heterocycles. The summed E-state index contributed by atoms with van der Waals surface area (Å²) in [6.07, 6.45) is 0.759. The van der Waals surface area contributed by atoms with Gasteiger partial charge in [0.2, 0.25) is 0 Å². The minimum atomic E-state index is -0.0654. The van der Waals surface area contributed by atoms with E-state index in [1.54, 1.807) is 7.11 Å². The lowest BCUT2D eigenvalue weighted by molar-refractivity contribution is 0.414. The minimum absolute atomic E-state index is 0.0654. The lowest BCUT2D eigenvalue weighted by Crippen LogP contribution is -1.99. The van der Waals surface area contributed by atoms with Crippen LogP contribution in [0.25, 0.3) is 0 Å². The lowest BCUT2D eigenvalue weighted by Gasteiger charge is -2.14. The van der Waals surface area contributed by atoms with E-state index in [4.69, 9.17) is 27.9 Å². The smallest absolute Gasteiger partial charge is 0.119 e. The summed E-state index contributed by atoms with van der Waals surface area (Å²) in [5.41, 5.74) is 3.41. The zero-order valence-electron chi connectivity index (χ0n) is 11.0. The summed E-state index contributed by atoms with van der Waals surface area (Å²) >= 11 is 12.5. The van der Waals surface area contributed by atoms with Crippen LogP contribution < -0.4 is 4.74 Å². The van der Waals surface area contributed by atoms with Gasteiger partial charge in [-0.1, -0.05) is 29.8 Å². The Bertz CT molecular complexity index is 566. The molecule has 1 atom stereocenters. The molecule has 0 aromatic heterocycles. The zero-order chi connectivity index (χ0) is 13.8. The van der Waals surface area contributed by atoms with E-state index in [1.807, 2.05) is 49.4 Å². The topological polar surface area (TPSA) is 9.23 Å². The van der Waals surface area contributed by atoms with Crippen molar-refractivity contribution in [1.82, 2.24) is 0 Å². The molecule has 3 heteroatoms. The molecule has 2 aromatic rings. The number of ether oxygens (including phenoxy) is 1. The highest BCUT2D eigenvalue weighted by Crippen LogP contribution is 2.30. The van der Waals surface area contributed by atoms with E-state index < -0.39 is 0 Å². The summed E-state index contributed by atoms with van der Waals surface area (Å²) in [5, 5.41) is 0.678. The SMILES string of the molecule is COc1ccc(C(Cl)Cc2cccc(Cl)c2)c(C)c1. The van der Waals surface area contributed by atoms with Crippen molar-refractivity contribution in [2.24, 2.45) is 0 Å². The van der Waals surface area contributed by atoms with Gasteiger partial charge in [0.15, 0.2) is 0 Å². The van der Waals surface area contributed by atoms with Crippen molar-refractivity contribution in [3.8, 4) is 5.75 Å². The highest BCUT2D eigenvalue weighted by Gasteiger charge is 2.12. The maximum atomic E-state index is 6.51. The fourth-order valence-electron chi connectivity index (χ4n) is 2.11. The Morgan fingerprint density at radius 1 is 1.16 bits per heavy atom. The first-order valence-corrected chi connectivity index (χ1v) is 6.94. The number of hydrogen-bond donors (Lipinski definition) is 0. The Morgan fingerprint density at radius 3 is 2.58 bits per heavy atom. The van der Waals surface area contributed by atoms with E-state index in [0.29, 0.717) is 0 Å². The first-order valence-electron chi connectivity index (χ1n) is 6.13. The molecule has 0 spiro atoms. The average molecular weight is 295 g/mol. The van der Waals surface area contributed by atoms with Crippen LogP contribution in [0, 0.1) is 6.92 Å². The van der Waals surface area contributed by atoms with E-state index in [2.05, 4.69) is 0 Å². The van der Waals surface area contributed by atoms with Gasteiger partial charge in [0, 0.05) is 5.02 Å². The number of halogens is 2. The minimum Gasteiger partial charge on any atom is -0.497 e. The second kappa shape index (κ2) is 6.31. The Labute approximate surface area is 124 Å². The summed E-state index contributed by atoms with van der Waals surface area (Å²) in [6.45, 7) is 2.05. The number of methoxy groups -OCH3 is 1. The number of hydrogen-bond acceptors (Lipinski definition) is 1. The van der Waals surface area contributed by atoms with E-state index in [-0.39, 0.29) is 5.38 Å². The molecule has 0 fully saturated rings. The number of aryl methyl sites for hydroxylation is 1. The summed E-state index contributed by atoms with van der Waals surface area (Å²) in [4.78, 5) is 0. The van der Waals surface area contributed by atoms with Crippen molar-refractivity contribution >= 4 is 23.2 Å². The highest BCUT2D eigenvalue weighted by molar-refractivity contribution is 6.30. The van der Waals surface area contributed by atoms with Crippen LogP contribution in [0.5, 0.6) is 5.75 Å². The Hall–Kier alpha value is -1.18. The molecule has 0 amide bonds. The van der Waals surface area contributed by atoms with Crippen molar-refractivity contribution in [2.75, 3.05) is 7.11 Å². The number of benzene rings is 2. The van der Waals surface area contributed by atoms with Crippen LogP contribution in [-0.2, 0) is 6.42 Å². The molecule has 2 rings (SSSR count). The fourth-order valence-corrected chi connectivity index (χ4v) is 2.74. The molecule has 0 aliphatic rings. The summed E-state index contributed by atoms with van der Waals surface area (Å²) in [5.74, 6) is 0.855. The molecular formula is C16H16Cl2O. The van der Waals surface area contributed by atoms with Gasteiger partial charge in [-0.15, -0.1) is 11.6 Å². The number of alkyl halides is 1. The maximum Gasteiger partial charge on any atom is 0.119 e. The third kappa shape index (κ3) is 3.65. The van der Waals surface area contributed by atoms with Gasteiger partial charge in [-0.05, 0) is 54.3 Å². The van der Waals surface area contributed by atoms with Gasteiger partial charge in [0.1, 0.15) is 5.75 Å². The second-order valence-electron chi connectivity index (χ2n) is 4.52.